The first-order valence-corrected chi connectivity index (χ1v) is 9.77. The van der Waals surface area contributed by atoms with Crippen LogP contribution in [0.3, 0.4) is 0 Å². The third-order valence-electron chi connectivity index (χ3n) is 5.47. The van der Waals surface area contributed by atoms with Crippen molar-refractivity contribution in [2.45, 2.75) is 0 Å². The van der Waals surface area contributed by atoms with Crippen molar-refractivity contribution in [2.75, 3.05) is 32.7 Å². The number of phenols is 1. The van der Waals surface area contributed by atoms with Crippen LogP contribution in [-0.4, -0.2) is 81.1 Å². The Bertz CT molecular complexity index is 1150. The highest BCUT2D eigenvalue weighted by Crippen LogP contribution is 2.27. The average Bonchev–Trinajstić information content (AvgIpc) is 3.03. The molecule has 0 bridgehead atoms. The highest BCUT2D eigenvalue weighted by molar-refractivity contribution is 6.22. The lowest BCUT2D eigenvalue weighted by atomic mass is 10.1. The number of hydrogen-bond acceptors (Lipinski definition) is 7. The fraction of sp³-hybridized carbons (Fsp3) is 0.238. The highest BCUT2D eigenvalue weighted by atomic mass is 16.6. The number of carbonyl (C=O) groups is 4. The van der Waals surface area contributed by atoms with Crippen LogP contribution < -0.4 is 0 Å². The van der Waals surface area contributed by atoms with Crippen LogP contribution in [0.5, 0.6) is 5.75 Å². The summed E-state index contributed by atoms with van der Waals surface area (Å²) in [6.45, 7) is 0.472. The second-order valence-corrected chi connectivity index (χ2v) is 7.41. The second kappa shape index (κ2) is 8.10. The predicted molar refractivity (Wildman–Crippen MR) is 109 cm³/mol. The van der Waals surface area contributed by atoms with Gasteiger partial charge in [-0.1, -0.05) is 6.07 Å². The maximum Gasteiger partial charge on any atom is 0.270 e. The number of hydrogen-bond donors (Lipinski definition) is 1. The van der Waals surface area contributed by atoms with Gasteiger partial charge in [-0.15, -0.1) is 0 Å². The minimum atomic E-state index is -0.750. The molecule has 0 atom stereocenters. The number of nitrogens with zero attached hydrogens (tertiary/aromatic N) is 4. The van der Waals surface area contributed by atoms with Crippen molar-refractivity contribution in [3.8, 4) is 5.75 Å². The first-order chi connectivity index (χ1) is 15.3. The molecule has 0 unspecified atom stereocenters. The molecule has 32 heavy (non-hydrogen) atoms. The zero-order chi connectivity index (χ0) is 23.0. The van der Waals surface area contributed by atoms with E-state index < -0.39 is 29.2 Å². The smallest absolute Gasteiger partial charge is 0.270 e. The van der Waals surface area contributed by atoms with Crippen LogP contribution in [0.15, 0.2) is 42.5 Å². The van der Waals surface area contributed by atoms with Crippen LogP contribution in [-0.2, 0) is 4.79 Å². The molecular weight excluding hydrogens is 420 g/mol. The summed E-state index contributed by atoms with van der Waals surface area (Å²) < 4.78 is 0. The summed E-state index contributed by atoms with van der Waals surface area (Å²) in [5.74, 6) is -2.17. The summed E-state index contributed by atoms with van der Waals surface area (Å²) in [5.41, 5.74) is -0.0519. The molecule has 0 saturated carbocycles. The van der Waals surface area contributed by atoms with Crippen molar-refractivity contribution in [3.05, 3.63) is 69.3 Å². The van der Waals surface area contributed by atoms with Gasteiger partial charge in [-0.05, 0) is 24.3 Å². The van der Waals surface area contributed by atoms with Crippen LogP contribution in [0.1, 0.15) is 31.1 Å². The van der Waals surface area contributed by atoms with Gasteiger partial charge < -0.3 is 14.9 Å². The fourth-order valence-electron chi connectivity index (χ4n) is 3.75. The van der Waals surface area contributed by atoms with Gasteiger partial charge in [0.2, 0.25) is 5.91 Å². The molecule has 2 aromatic rings. The number of rotatable bonds is 4. The lowest BCUT2D eigenvalue weighted by molar-refractivity contribution is -0.384. The van der Waals surface area contributed by atoms with E-state index in [0.29, 0.717) is 5.56 Å². The van der Waals surface area contributed by atoms with E-state index in [4.69, 9.17) is 0 Å². The Kier molecular flexibility index (Phi) is 5.31. The van der Waals surface area contributed by atoms with Gasteiger partial charge in [-0.25, -0.2) is 0 Å². The van der Waals surface area contributed by atoms with E-state index in [2.05, 4.69) is 0 Å². The molecule has 1 N–H and O–H groups in total. The van der Waals surface area contributed by atoms with E-state index in [1.165, 1.54) is 23.1 Å². The van der Waals surface area contributed by atoms with E-state index in [1.807, 2.05) is 0 Å². The lowest BCUT2D eigenvalue weighted by Gasteiger charge is -2.35. The lowest BCUT2D eigenvalue weighted by Crippen LogP contribution is -2.53. The highest BCUT2D eigenvalue weighted by Gasteiger charge is 2.39. The fourth-order valence-corrected chi connectivity index (χ4v) is 3.75. The first-order valence-electron chi connectivity index (χ1n) is 9.77. The Hall–Kier alpha value is -4.28. The molecule has 2 heterocycles. The van der Waals surface area contributed by atoms with E-state index in [9.17, 15) is 34.4 Å². The molecule has 0 aliphatic carbocycles. The Morgan fingerprint density at radius 1 is 0.938 bits per heavy atom. The second-order valence-electron chi connectivity index (χ2n) is 7.41. The third-order valence-corrected chi connectivity index (χ3v) is 5.47. The van der Waals surface area contributed by atoms with Crippen LogP contribution >= 0.6 is 0 Å². The molecular formula is C21H18N4O7. The normalized spacial score (nSPS) is 15.7. The van der Waals surface area contributed by atoms with Crippen molar-refractivity contribution >= 4 is 29.3 Å². The number of piperazine rings is 1. The molecule has 2 aliphatic rings. The van der Waals surface area contributed by atoms with Crippen LogP contribution in [0.4, 0.5) is 5.69 Å². The number of fused-ring (bicyclic) bond motifs is 1. The molecule has 1 fully saturated rings. The number of aromatic hydroxyl groups is 1. The number of non-ortho nitro benzene ring substituents is 1. The molecule has 4 rings (SSSR count). The minimum absolute atomic E-state index is 0.0176. The Labute approximate surface area is 181 Å². The standard InChI is InChI=1S/C21H18N4O7/c26-15-3-1-2-13(10-15)19(28)23-8-6-22(7-9-23)18(27)12-24-20(29)16-5-4-14(25(31)32)11-17(16)21(24)30/h1-5,10-11,26H,6-9,12H2. The number of nitro groups is 1. The predicted octanol–water partition coefficient (Wildman–Crippen LogP) is 0.881. The Morgan fingerprint density at radius 2 is 1.59 bits per heavy atom. The van der Waals surface area contributed by atoms with Crippen molar-refractivity contribution in [3.63, 3.8) is 0 Å². The number of benzene rings is 2. The molecule has 2 aromatic carbocycles. The van der Waals surface area contributed by atoms with Gasteiger partial charge >= 0.3 is 0 Å². The van der Waals surface area contributed by atoms with Crippen molar-refractivity contribution in [2.24, 2.45) is 0 Å². The summed E-state index contributed by atoms with van der Waals surface area (Å²) in [6, 6.07) is 9.37. The Morgan fingerprint density at radius 3 is 2.25 bits per heavy atom. The van der Waals surface area contributed by atoms with Gasteiger partial charge in [-0.2, -0.15) is 0 Å². The number of amides is 4. The molecule has 11 nitrogen and oxygen atoms in total. The quantitative estimate of drug-likeness (QED) is 0.424. The zero-order valence-corrected chi connectivity index (χ0v) is 16.8. The third kappa shape index (κ3) is 3.75. The molecule has 1 saturated heterocycles. The van der Waals surface area contributed by atoms with Gasteiger partial charge in [-0.3, -0.25) is 34.2 Å². The summed E-state index contributed by atoms with van der Waals surface area (Å²) in [6.07, 6.45) is 0. The van der Waals surface area contributed by atoms with Crippen LogP contribution in [0.25, 0.3) is 0 Å². The molecule has 4 amide bonds. The summed E-state index contributed by atoms with van der Waals surface area (Å²) in [7, 11) is 0. The summed E-state index contributed by atoms with van der Waals surface area (Å²) in [4.78, 5) is 64.4. The summed E-state index contributed by atoms with van der Waals surface area (Å²) >= 11 is 0. The number of phenolic OH excluding ortho intramolecular Hbond substituents is 1. The molecule has 0 radical (unpaired) electrons. The maximum atomic E-state index is 12.7. The molecule has 11 heteroatoms. The van der Waals surface area contributed by atoms with Gasteiger partial charge in [0.25, 0.3) is 23.4 Å². The van der Waals surface area contributed by atoms with Crippen molar-refractivity contribution in [1.29, 1.82) is 0 Å². The summed E-state index contributed by atoms with van der Waals surface area (Å²) in [5, 5.41) is 20.5. The van der Waals surface area contributed by atoms with Crippen LogP contribution in [0.2, 0.25) is 0 Å². The monoisotopic (exact) mass is 438 g/mol. The first kappa shape index (κ1) is 21.0. The van der Waals surface area contributed by atoms with Gasteiger partial charge in [0.05, 0.1) is 16.1 Å². The molecule has 0 aromatic heterocycles. The zero-order valence-electron chi connectivity index (χ0n) is 16.8. The molecule has 0 spiro atoms. The van der Waals surface area contributed by atoms with Crippen molar-refractivity contribution in [1.82, 2.24) is 14.7 Å². The minimum Gasteiger partial charge on any atom is -0.508 e. The maximum absolute atomic E-state index is 12.7. The number of nitro benzene ring substituents is 1. The largest absolute Gasteiger partial charge is 0.508 e. The van der Waals surface area contributed by atoms with E-state index in [1.54, 1.807) is 17.0 Å². The number of imide groups is 1. The topological polar surface area (TPSA) is 141 Å². The Balaban J connectivity index is 1.38. The molecule has 164 valence electrons. The van der Waals surface area contributed by atoms with Gasteiger partial charge in [0.1, 0.15) is 12.3 Å². The van der Waals surface area contributed by atoms with Crippen molar-refractivity contribution < 1.29 is 29.2 Å². The van der Waals surface area contributed by atoms with Crippen LogP contribution in [0, 0.1) is 10.1 Å². The average molecular weight is 438 g/mol. The van der Waals surface area contributed by atoms with E-state index in [0.717, 1.165) is 17.0 Å². The van der Waals surface area contributed by atoms with E-state index in [-0.39, 0.29) is 54.7 Å². The van der Waals surface area contributed by atoms with E-state index >= 15 is 0 Å². The number of carbonyl (C=O) groups excluding carboxylic acids is 4. The molecule has 2 aliphatic heterocycles. The van der Waals surface area contributed by atoms with Gasteiger partial charge in [0, 0.05) is 43.9 Å². The SMILES string of the molecule is O=C(CN1C(=O)c2ccc([N+](=O)[O-])cc2C1=O)N1CCN(C(=O)c2cccc(O)c2)CC1. The van der Waals surface area contributed by atoms with Gasteiger partial charge in [0.15, 0.2) is 0 Å².